The molecule has 0 spiro atoms. The average molecular weight is 250 g/mol. The molecule has 0 radical (unpaired) electrons. The minimum atomic E-state index is -1.22. The van der Waals surface area contributed by atoms with Gasteiger partial charge >= 0.3 is 0 Å². The second-order valence-corrected chi connectivity index (χ2v) is 4.84. The number of ether oxygens (including phenoxy) is 1. The van der Waals surface area contributed by atoms with Crippen molar-refractivity contribution in [2.75, 3.05) is 0 Å². The summed E-state index contributed by atoms with van der Waals surface area (Å²) in [6, 6.07) is 9.47. The van der Waals surface area contributed by atoms with E-state index in [-0.39, 0.29) is 24.7 Å². The lowest BCUT2D eigenvalue weighted by molar-refractivity contribution is -0.165. The summed E-state index contributed by atoms with van der Waals surface area (Å²) < 4.78 is 5.51. The standard InChI is InChI=1S/C14H18O4/c1-9-7-11(15)13(17)14(12(9)16)18-8-10-5-3-2-4-6-10/h2-6,9,12-14,16-17H,7-8H2,1H3/t9-,12-,13-,14-/m1/s1. The van der Waals surface area contributed by atoms with Crippen LogP contribution >= 0.6 is 0 Å². The molecule has 0 amide bonds. The van der Waals surface area contributed by atoms with Crippen molar-refractivity contribution in [3.63, 3.8) is 0 Å². The van der Waals surface area contributed by atoms with E-state index in [4.69, 9.17) is 4.74 Å². The van der Waals surface area contributed by atoms with E-state index in [1.54, 1.807) is 6.92 Å². The first-order valence-corrected chi connectivity index (χ1v) is 6.14. The van der Waals surface area contributed by atoms with Gasteiger partial charge in [-0.15, -0.1) is 0 Å². The number of aliphatic hydroxyl groups is 2. The Labute approximate surface area is 106 Å². The van der Waals surface area contributed by atoms with Crippen molar-refractivity contribution in [2.45, 2.75) is 38.3 Å². The topological polar surface area (TPSA) is 66.8 Å². The fourth-order valence-electron chi connectivity index (χ4n) is 2.21. The summed E-state index contributed by atoms with van der Waals surface area (Å²) >= 11 is 0. The molecule has 2 N–H and O–H groups in total. The molecule has 0 unspecified atom stereocenters. The summed E-state index contributed by atoms with van der Waals surface area (Å²) in [5.74, 6) is -0.437. The second kappa shape index (κ2) is 5.61. The van der Waals surface area contributed by atoms with E-state index >= 15 is 0 Å². The number of rotatable bonds is 3. The molecule has 2 rings (SSSR count). The summed E-state index contributed by atoms with van der Waals surface area (Å²) in [7, 11) is 0. The number of aliphatic hydroxyl groups excluding tert-OH is 2. The second-order valence-electron chi connectivity index (χ2n) is 4.84. The van der Waals surface area contributed by atoms with Crippen LogP contribution in [0.25, 0.3) is 0 Å². The molecule has 1 aromatic carbocycles. The molecule has 0 aliphatic heterocycles. The summed E-state index contributed by atoms with van der Waals surface area (Å²) in [6.45, 7) is 2.06. The number of Topliss-reactive ketones (excluding diaryl/α,β-unsaturated/α-hetero) is 1. The Hall–Kier alpha value is -1.23. The number of hydrogen-bond acceptors (Lipinski definition) is 4. The molecule has 98 valence electrons. The van der Waals surface area contributed by atoms with Crippen molar-refractivity contribution >= 4 is 5.78 Å². The Bertz CT molecular complexity index is 404. The third-order valence-electron chi connectivity index (χ3n) is 3.37. The lowest BCUT2D eigenvalue weighted by Crippen LogP contribution is -2.52. The van der Waals surface area contributed by atoms with Gasteiger partial charge in [-0.3, -0.25) is 4.79 Å². The van der Waals surface area contributed by atoms with Crippen molar-refractivity contribution in [2.24, 2.45) is 5.92 Å². The molecule has 0 bridgehead atoms. The Morgan fingerprint density at radius 2 is 1.94 bits per heavy atom. The summed E-state index contributed by atoms with van der Waals surface area (Å²) in [5.41, 5.74) is 0.947. The average Bonchev–Trinajstić information content (AvgIpc) is 2.38. The van der Waals surface area contributed by atoms with Gasteiger partial charge in [-0.05, 0) is 11.5 Å². The van der Waals surface area contributed by atoms with Gasteiger partial charge in [0.15, 0.2) is 5.78 Å². The zero-order valence-electron chi connectivity index (χ0n) is 10.3. The minimum Gasteiger partial charge on any atom is -0.390 e. The lowest BCUT2D eigenvalue weighted by Gasteiger charge is -2.35. The Balaban J connectivity index is 2.00. The van der Waals surface area contributed by atoms with Crippen LogP contribution in [0.2, 0.25) is 0 Å². The van der Waals surface area contributed by atoms with E-state index in [0.29, 0.717) is 0 Å². The van der Waals surface area contributed by atoms with Gasteiger partial charge in [0.25, 0.3) is 0 Å². The highest BCUT2D eigenvalue weighted by Crippen LogP contribution is 2.25. The Morgan fingerprint density at radius 3 is 2.61 bits per heavy atom. The molecular weight excluding hydrogens is 232 g/mol. The number of carbonyl (C=O) groups is 1. The largest absolute Gasteiger partial charge is 0.390 e. The number of benzene rings is 1. The minimum absolute atomic E-state index is 0.179. The maximum absolute atomic E-state index is 11.5. The predicted octanol–water partition coefficient (Wildman–Crippen LogP) is 0.902. The van der Waals surface area contributed by atoms with E-state index < -0.39 is 18.3 Å². The van der Waals surface area contributed by atoms with E-state index in [1.165, 1.54) is 0 Å². The zero-order chi connectivity index (χ0) is 13.1. The van der Waals surface area contributed by atoms with Gasteiger partial charge in [-0.2, -0.15) is 0 Å². The van der Waals surface area contributed by atoms with Gasteiger partial charge in [-0.1, -0.05) is 37.3 Å². The first-order chi connectivity index (χ1) is 8.59. The summed E-state index contributed by atoms with van der Waals surface area (Å²) in [4.78, 5) is 11.5. The Kier molecular flexibility index (Phi) is 4.11. The van der Waals surface area contributed by atoms with Crippen molar-refractivity contribution in [3.8, 4) is 0 Å². The molecular formula is C14H18O4. The highest BCUT2D eigenvalue weighted by molar-refractivity contribution is 5.84. The van der Waals surface area contributed by atoms with Crippen LogP contribution < -0.4 is 0 Å². The van der Waals surface area contributed by atoms with E-state index in [9.17, 15) is 15.0 Å². The van der Waals surface area contributed by atoms with Crippen LogP contribution in [0.15, 0.2) is 30.3 Å². The molecule has 4 atom stereocenters. The van der Waals surface area contributed by atoms with Crippen LogP contribution in [0.3, 0.4) is 0 Å². The Morgan fingerprint density at radius 1 is 1.28 bits per heavy atom. The van der Waals surface area contributed by atoms with Gasteiger partial charge in [0.2, 0.25) is 0 Å². The molecule has 4 heteroatoms. The molecule has 1 aliphatic rings. The SMILES string of the molecule is C[C@@H]1CC(=O)[C@@H](O)[C@H](OCc2ccccc2)[C@@H]1O. The first kappa shape index (κ1) is 13.2. The van der Waals surface area contributed by atoms with Gasteiger partial charge in [0.1, 0.15) is 12.2 Å². The van der Waals surface area contributed by atoms with Gasteiger partial charge in [0.05, 0.1) is 12.7 Å². The van der Waals surface area contributed by atoms with Crippen LogP contribution in [0.1, 0.15) is 18.9 Å². The number of ketones is 1. The molecule has 1 aliphatic carbocycles. The van der Waals surface area contributed by atoms with E-state index in [2.05, 4.69) is 0 Å². The van der Waals surface area contributed by atoms with Crippen LogP contribution in [0.4, 0.5) is 0 Å². The summed E-state index contributed by atoms with van der Waals surface area (Å²) in [6.07, 6.45) is -2.66. The molecule has 4 nitrogen and oxygen atoms in total. The normalized spacial score (nSPS) is 32.5. The highest BCUT2D eigenvalue weighted by Gasteiger charge is 2.41. The smallest absolute Gasteiger partial charge is 0.164 e. The van der Waals surface area contributed by atoms with Crippen LogP contribution in [0, 0.1) is 5.92 Å². The fourth-order valence-corrected chi connectivity index (χ4v) is 2.21. The monoisotopic (exact) mass is 250 g/mol. The summed E-state index contributed by atoms with van der Waals surface area (Å²) in [5, 5.41) is 19.7. The fraction of sp³-hybridized carbons (Fsp3) is 0.500. The number of carbonyl (C=O) groups excluding carboxylic acids is 1. The molecule has 1 fully saturated rings. The van der Waals surface area contributed by atoms with E-state index in [0.717, 1.165) is 5.56 Å². The molecule has 1 saturated carbocycles. The molecule has 1 aromatic rings. The van der Waals surface area contributed by atoms with Crippen LogP contribution in [-0.2, 0) is 16.1 Å². The van der Waals surface area contributed by atoms with Crippen LogP contribution in [0.5, 0.6) is 0 Å². The van der Waals surface area contributed by atoms with E-state index in [1.807, 2.05) is 30.3 Å². The molecule has 0 aromatic heterocycles. The van der Waals surface area contributed by atoms with Gasteiger partial charge < -0.3 is 14.9 Å². The van der Waals surface area contributed by atoms with Gasteiger partial charge in [0, 0.05) is 6.42 Å². The maximum Gasteiger partial charge on any atom is 0.164 e. The van der Waals surface area contributed by atoms with Crippen molar-refractivity contribution in [1.82, 2.24) is 0 Å². The lowest BCUT2D eigenvalue weighted by atomic mass is 9.83. The van der Waals surface area contributed by atoms with Gasteiger partial charge in [-0.25, -0.2) is 0 Å². The van der Waals surface area contributed by atoms with Crippen LogP contribution in [-0.4, -0.2) is 34.3 Å². The number of hydrogen-bond donors (Lipinski definition) is 2. The van der Waals surface area contributed by atoms with Crippen molar-refractivity contribution in [3.05, 3.63) is 35.9 Å². The molecule has 18 heavy (non-hydrogen) atoms. The third kappa shape index (κ3) is 2.77. The third-order valence-corrected chi connectivity index (χ3v) is 3.37. The van der Waals surface area contributed by atoms with Crippen molar-refractivity contribution in [1.29, 1.82) is 0 Å². The molecule has 0 saturated heterocycles. The predicted molar refractivity (Wildman–Crippen MR) is 65.8 cm³/mol. The maximum atomic E-state index is 11.5. The molecule has 0 heterocycles. The quantitative estimate of drug-likeness (QED) is 0.836. The first-order valence-electron chi connectivity index (χ1n) is 6.14. The zero-order valence-corrected chi connectivity index (χ0v) is 10.3. The highest BCUT2D eigenvalue weighted by atomic mass is 16.5. The van der Waals surface area contributed by atoms with Crippen molar-refractivity contribution < 1.29 is 19.7 Å².